The maximum absolute atomic E-state index is 12.6. The molecular formula is C6H12F2N2OS. The van der Waals surface area contributed by atoms with Crippen LogP contribution in [0.15, 0.2) is 0 Å². The number of thioether (sulfide) groups is 1. The normalized spacial score (nSPS) is 11.3. The van der Waals surface area contributed by atoms with Crippen molar-refractivity contribution in [3.8, 4) is 0 Å². The molecule has 0 bridgehead atoms. The van der Waals surface area contributed by atoms with E-state index < -0.39 is 17.6 Å². The number of hydrogen-bond donors (Lipinski definition) is 2. The first-order valence-corrected chi connectivity index (χ1v) is 4.66. The summed E-state index contributed by atoms with van der Waals surface area (Å²) in [4.78, 5) is 10.4. The smallest absolute Gasteiger partial charge is 0.289 e. The van der Waals surface area contributed by atoms with E-state index in [1.807, 2.05) is 6.92 Å². The predicted octanol–water partition coefficient (Wildman–Crippen LogP) is 0.755. The van der Waals surface area contributed by atoms with E-state index >= 15 is 0 Å². The average molecular weight is 198 g/mol. The minimum Gasteiger partial charge on any atom is -0.289 e. The largest absolute Gasteiger partial charge is 0.334 e. The van der Waals surface area contributed by atoms with E-state index in [0.717, 1.165) is 18.2 Å². The van der Waals surface area contributed by atoms with Crippen molar-refractivity contribution >= 4 is 17.7 Å². The molecule has 0 aliphatic rings. The molecule has 1 amide bonds. The van der Waals surface area contributed by atoms with Crippen LogP contribution in [0.25, 0.3) is 0 Å². The zero-order valence-corrected chi connectivity index (χ0v) is 7.59. The first-order chi connectivity index (χ1) is 5.54. The monoisotopic (exact) mass is 198 g/mol. The van der Waals surface area contributed by atoms with Gasteiger partial charge in [-0.2, -0.15) is 20.5 Å². The van der Waals surface area contributed by atoms with Crippen molar-refractivity contribution in [2.45, 2.75) is 19.3 Å². The van der Waals surface area contributed by atoms with Gasteiger partial charge in [0, 0.05) is 0 Å². The topological polar surface area (TPSA) is 55.1 Å². The van der Waals surface area contributed by atoms with E-state index in [0.29, 0.717) is 5.75 Å². The fraction of sp³-hybridized carbons (Fsp3) is 0.833. The summed E-state index contributed by atoms with van der Waals surface area (Å²) in [6, 6.07) is 0. The molecule has 0 rings (SSSR count). The van der Waals surface area contributed by atoms with Crippen LogP contribution in [0.5, 0.6) is 0 Å². The highest BCUT2D eigenvalue weighted by molar-refractivity contribution is 7.99. The second kappa shape index (κ2) is 5.31. The fourth-order valence-corrected chi connectivity index (χ4v) is 1.34. The Morgan fingerprint density at radius 3 is 2.67 bits per heavy atom. The lowest BCUT2D eigenvalue weighted by Crippen LogP contribution is -2.45. The number of nitrogens with one attached hydrogen (secondary N) is 1. The van der Waals surface area contributed by atoms with E-state index in [-0.39, 0.29) is 0 Å². The molecule has 6 heteroatoms. The van der Waals surface area contributed by atoms with Crippen LogP contribution in [0.2, 0.25) is 0 Å². The van der Waals surface area contributed by atoms with Gasteiger partial charge in [-0.25, -0.2) is 5.84 Å². The van der Waals surface area contributed by atoms with Crippen molar-refractivity contribution in [2.75, 3.05) is 11.5 Å². The average Bonchev–Trinajstić information content (AvgIpc) is 2.03. The van der Waals surface area contributed by atoms with Crippen molar-refractivity contribution < 1.29 is 13.6 Å². The van der Waals surface area contributed by atoms with Crippen molar-refractivity contribution in [3.63, 3.8) is 0 Å². The predicted molar refractivity (Wildman–Crippen MR) is 44.9 cm³/mol. The summed E-state index contributed by atoms with van der Waals surface area (Å²) in [7, 11) is 0. The maximum atomic E-state index is 12.6. The van der Waals surface area contributed by atoms with Gasteiger partial charge in [-0.15, -0.1) is 0 Å². The van der Waals surface area contributed by atoms with Gasteiger partial charge < -0.3 is 0 Å². The summed E-state index contributed by atoms with van der Waals surface area (Å²) in [5.74, 6) is -0.0955. The van der Waals surface area contributed by atoms with Crippen LogP contribution in [0.4, 0.5) is 8.78 Å². The molecule has 0 aromatic rings. The van der Waals surface area contributed by atoms with Crippen LogP contribution >= 0.6 is 11.8 Å². The third kappa shape index (κ3) is 3.87. The Hall–Kier alpha value is -0.360. The van der Waals surface area contributed by atoms with Gasteiger partial charge in [0.1, 0.15) is 0 Å². The first kappa shape index (κ1) is 11.6. The number of carbonyl (C=O) groups excluding carboxylic acids is 1. The molecule has 0 atom stereocenters. The molecule has 12 heavy (non-hydrogen) atoms. The number of hydrogen-bond acceptors (Lipinski definition) is 3. The van der Waals surface area contributed by atoms with E-state index in [9.17, 15) is 13.6 Å². The molecule has 0 aliphatic carbocycles. The minimum atomic E-state index is -3.35. The van der Waals surface area contributed by atoms with Crippen LogP contribution in [0.1, 0.15) is 13.3 Å². The summed E-state index contributed by atoms with van der Waals surface area (Å²) >= 11 is 1.04. The molecule has 0 unspecified atom stereocenters. The van der Waals surface area contributed by atoms with E-state index in [2.05, 4.69) is 5.84 Å². The summed E-state index contributed by atoms with van der Waals surface area (Å²) in [6.07, 6.45) is 0.811. The van der Waals surface area contributed by atoms with Crippen LogP contribution < -0.4 is 11.3 Å². The number of halogens is 2. The molecule has 72 valence electrons. The van der Waals surface area contributed by atoms with E-state index in [1.54, 1.807) is 0 Å². The summed E-state index contributed by atoms with van der Waals surface area (Å²) in [5, 5.41) is 0. The Labute approximate surface area is 74.0 Å². The lowest BCUT2D eigenvalue weighted by molar-refractivity contribution is -0.142. The van der Waals surface area contributed by atoms with Gasteiger partial charge >= 0.3 is 11.8 Å². The Morgan fingerprint density at radius 2 is 2.25 bits per heavy atom. The Bertz CT molecular complexity index is 154. The number of carbonyl (C=O) groups is 1. The van der Waals surface area contributed by atoms with Crippen molar-refractivity contribution in [1.82, 2.24) is 5.43 Å². The lowest BCUT2D eigenvalue weighted by atomic mass is 10.4. The van der Waals surface area contributed by atoms with Gasteiger partial charge in [-0.1, -0.05) is 6.92 Å². The Kier molecular flexibility index (Phi) is 5.16. The van der Waals surface area contributed by atoms with Crippen LogP contribution in [0, 0.1) is 0 Å². The first-order valence-electron chi connectivity index (χ1n) is 3.51. The van der Waals surface area contributed by atoms with Gasteiger partial charge in [0.2, 0.25) is 0 Å². The lowest BCUT2D eigenvalue weighted by Gasteiger charge is -2.12. The number of alkyl halides is 2. The quantitative estimate of drug-likeness (QED) is 0.297. The van der Waals surface area contributed by atoms with Crippen LogP contribution in [0.3, 0.4) is 0 Å². The molecule has 0 aromatic carbocycles. The highest BCUT2D eigenvalue weighted by atomic mass is 32.2. The van der Waals surface area contributed by atoms with Gasteiger partial charge in [0.25, 0.3) is 0 Å². The second-order valence-corrected chi connectivity index (χ2v) is 3.34. The van der Waals surface area contributed by atoms with Gasteiger partial charge in [0.05, 0.1) is 5.75 Å². The zero-order chi connectivity index (χ0) is 9.61. The molecule has 0 aliphatic heterocycles. The number of hydrazine groups is 1. The van der Waals surface area contributed by atoms with Gasteiger partial charge in [0.15, 0.2) is 0 Å². The van der Waals surface area contributed by atoms with Gasteiger partial charge in [-0.3, -0.25) is 10.2 Å². The van der Waals surface area contributed by atoms with E-state index in [4.69, 9.17) is 0 Å². The molecule has 0 saturated heterocycles. The molecule has 3 nitrogen and oxygen atoms in total. The van der Waals surface area contributed by atoms with Crippen LogP contribution in [-0.4, -0.2) is 23.3 Å². The molecular weight excluding hydrogens is 186 g/mol. The van der Waals surface area contributed by atoms with Crippen molar-refractivity contribution in [2.24, 2.45) is 5.84 Å². The molecule has 3 N–H and O–H groups in total. The summed E-state index contributed by atoms with van der Waals surface area (Å²) in [6.45, 7) is 1.88. The highest BCUT2D eigenvalue weighted by Gasteiger charge is 2.37. The second-order valence-electron chi connectivity index (χ2n) is 2.23. The van der Waals surface area contributed by atoms with Crippen molar-refractivity contribution in [1.29, 1.82) is 0 Å². The molecule has 0 fully saturated rings. The molecule has 0 saturated carbocycles. The number of amides is 1. The number of rotatable bonds is 5. The van der Waals surface area contributed by atoms with E-state index in [1.165, 1.54) is 5.43 Å². The molecule has 0 radical (unpaired) electrons. The fourth-order valence-electron chi connectivity index (χ4n) is 0.516. The third-order valence-corrected chi connectivity index (χ3v) is 2.36. The Balaban J connectivity index is 3.78. The van der Waals surface area contributed by atoms with Crippen LogP contribution in [-0.2, 0) is 4.79 Å². The molecule has 0 heterocycles. The standard InChI is InChI=1S/C6H12F2N2OS/c1-2-3-12-4-6(7,8)5(11)10-9/h2-4,9H2,1H3,(H,10,11). The molecule has 0 aromatic heterocycles. The SMILES string of the molecule is CCCSCC(F)(F)C(=O)NN. The summed E-state index contributed by atoms with van der Waals surface area (Å²) < 4.78 is 25.3. The third-order valence-electron chi connectivity index (χ3n) is 1.10. The maximum Gasteiger partial charge on any atom is 0.334 e. The Morgan fingerprint density at radius 1 is 1.67 bits per heavy atom. The summed E-state index contributed by atoms with van der Waals surface area (Å²) in [5.41, 5.74) is 1.43. The minimum absolute atomic E-state index is 0.510. The highest BCUT2D eigenvalue weighted by Crippen LogP contribution is 2.20. The number of nitrogens with two attached hydrogens (primary N) is 1. The van der Waals surface area contributed by atoms with Gasteiger partial charge in [-0.05, 0) is 12.2 Å². The zero-order valence-electron chi connectivity index (χ0n) is 6.77. The molecule has 0 spiro atoms. The van der Waals surface area contributed by atoms with Crippen molar-refractivity contribution in [3.05, 3.63) is 0 Å².